The number of carbonyl (C=O) groups excluding carboxylic acids is 1. The van der Waals surface area contributed by atoms with Gasteiger partial charge in [-0.15, -0.1) is 0 Å². The molecule has 4 aliphatic carbocycles. The first-order chi connectivity index (χ1) is 20.7. The van der Waals surface area contributed by atoms with E-state index in [0.29, 0.717) is 53.4 Å². The fourth-order valence-electron chi connectivity index (χ4n) is 11.0. The lowest BCUT2D eigenvalue weighted by Gasteiger charge is -2.64. The van der Waals surface area contributed by atoms with Gasteiger partial charge in [0.25, 0.3) is 10.0 Å². The Labute approximate surface area is 266 Å². The molecule has 1 aromatic carbocycles. The first-order valence-electron chi connectivity index (χ1n) is 17.4. The second kappa shape index (κ2) is 12.5. The van der Waals surface area contributed by atoms with Crippen molar-refractivity contribution in [3.8, 4) is 0 Å². The predicted molar refractivity (Wildman–Crippen MR) is 174 cm³/mol. The highest BCUT2D eigenvalue weighted by atomic mass is 32.2. The number of aliphatic hydroxyl groups excluding tert-OH is 2. The zero-order valence-corrected chi connectivity index (χ0v) is 28.8. The molecule has 0 saturated heterocycles. The molecule has 0 radical (unpaired) electrons. The van der Waals surface area contributed by atoms with E-state index in [1.54, 1.807) is 12.1 Å². The highest BCUT2D eigenvalue weighted by molar-refractivity contribution is 7.90. The molecule has 0 heterocycles. The lowest BCUT2D eigenvalue weighted by atomic mass is 9.41. The third kappa shape index (κ3) is 5.85. The summed E-state index contributed by atoms with van der Waals surface area (Å²) in [6, 6.07) is 5.58. The Morgan fingerprint density at radius 2 is 1.68 bits per heavy atom. The maximum atomic E-state index is 12.8. The monoisotopic (exact) mass is 630 g/mol. The number of fused-ring (bicyclic) bond motifs is 5. The van der Waals surface area contributed by atoms with Crippen molar-refractivity contribution in [1.29, 1.82) is 0 Å². The van der Waals surface area contributed by atoms with E-state index in [4.69, 9.17) is 0 Å². The van der Waals surface area contributed by atoms with Gasteiger partial charge in [-0.3, -0.25) is 0 Å². The van der Waals surface area contributed by atoms with Crippen LogP contribution < -0.4 is 10.0 Å². The molecule has 7 nitrogen and oxygen atoms in total. The molecule has 1 aromatic rings. The minimum atomic E-state index is -4.01. The molecule has 0 bridgehead atoms. The van der Waals surface area contributed by atoms with Gasteiger partial charge in [0.15, 0.2) is 0 Å². The van der Waals surface area contributed by atoms with Crippen LogP contribution in [-0.4, -0.2) is 43.9 Å². The Morgan fingerprint density at radius 1 is 1.00 bits per heavy atom. The smallest absolute Gasteiger partial charge is 0.328 e. The van der Waals surface area contributed by atoms with Crippen LogP contribution in [0.5, 0.6) is 0 Å². The Hall–Kier alpha value is -1.64. The standard InChI is InChI=1S/C36H58N2O5S/c1-7-26-28-10-8-9-19-35(28,5)30-17-20-36(6)27(15-16-29(36)31(30)32(26)40)23(2)18-21-37-33(41)38-44(42,43)25-13-11-24(12-14-25)34(3,4)22-39/h11-14,23,26-32,39-40H,7-10,15-22H2,1-6H3,(H2,37,38,41)/t23-,26-,27?,28+,29+,30+,31+,32-,35+,36-/m1/s1. The lowest BCUT2D eigenvalue weighted by Crippen LogP contribution is -2.61. The number of hydrogen-bond donors (Lipinski definition) is 4. The lowest BCUT2D eigenvalue weighted by molar-refractivity contribution is -0.194. The Kier molecular flexibility index (Phi) is 9.59. The maximum Gasteiger partial charge on any atom is 0.328 e. The van der Waals surface area contributed by atoms with E-state index in [2.05, 4.69) is 37.7 Å². The van der Waals surface area contributed by atoms with E-state index in [1.165, 1.54) is 63.5 Å². The maximum absolute atomic E-state index is 12.8. The fourth-order valence-corrected chi connectivity index (χ4v) is 12.0. The number of nitrogens with one attached hydrogen (secondary N) is 2. The Morgan fingerprint density at radius 3 is 2.34 bits per heavy atom. The van der Waals surface area contributed by atoms with Crippen molar-refractivity contribution >= 4 is 16.1 Å². The molecule has 1 unspecified atom stereocenters. The second-order valence-electron chi connectivity index (χ2n) is 16.1. The van der Waals surface area contributed by atoms with Crippen LogP contribution in [0.25, 0.3) is 0 Å². The summed E-state index contributed by atoms with van der Waals surface area (Å²) in [7, 11) is -4.01. The summed E-state index contributed by atoms with van der Waals surface area (Å²) in [6.07, 6.45) is 11.7. The van der Waals surface area contributed by atoms with Crippen molar-refractivity contribution in [2.75, 3.05) is 13.2 Å². The van der Waals surface area contributed by atoms with Crippen molar-refractivity contribution in [3.63, 3.8) is 0 Å². The molecule has 4 N–H and O–H groups in total. The van der Waals surface area contributed by atoms with Crippen LogP contribution in [0, 0.1) is 52.3 Å². The molecule has 2 amide bonds. The molecular weight excluding hydrogens is 572 g/mol. The van der Waals surface area contributed by atoms with Gasteiger partial charge >= 0.3 is 6.03 Å². The number of urea groups is 1. The minimum Gasteiger partial charge on any atom is -0.395 e. The fraction of sp³-hybridized carbons (Fsp3) is 0.806. The summed E-state index contributed by atoms with van der Waals surface area (Å²) >= 11 is 0. The number of benzene rings is 1. The molecule has 4 saturated carbocycles. The number of carbonyl (C=O) groups is 1. The number of amides is 2. The van der Waals surface area contributed by atoms with Crippen molar-refractivity contribution in [2.45, 2.75) is 122 Å². The van der Waals surface area contributed by atoms with Crippen molar-refractivity contribution < 1.29 is 23.4 Å². The van der Waals surface area contributed by atoms with Gasteiger partial charge in [0.2, 0.25) is 0 Å². The van der Waals surface area contributed by atoms with E-state index < -0.39 is 21.5 Å². The molecule has 248 valence electrons. The number of hydrogen-bond acceptors (Lipinski definition) is 5. The number of rotatable bonds is 9. The summed E-state index contributed by atoms with van der Waals surface area (Å²) in [5.74, 6) is 3.58. The van der Waals surface area contributed by atoms with Crippen LogP contribution in [0.3, 0.4) is 0 Å². The van der Waals surface area contributed by atoms with Gasteiger partial charge in [-0.1, -0.05) is 72.9 Å². The first-order valence-corrected chi connectivity index (χ1v) is 18.9. The minimum absolute atomic E-state index is 0.0163. The summed E-state index contributed by atoms with van der Waals surface area (Å²) in [4.78, 5) is 12.7. The van der Waals surface area contributed by atoms with Gasteiger partial charge in [0.05, 0.1) is 17.6 Å². The Bertz CT molecular complexity index is 1280. The zero-order chi connectivity index (χ0) is 32.1. The molecule has 5 rings (SSSR count). The molecule has 0 spiro atoms. The molecule has 4 aliphatic rings. The first kappa shape index (κ1) is 33.7. The van der Waals surface area contributed by atoms with Crippen LogP contribution in [0.1, 0.15) is 111 Å². The van der Waals surface area contributed by atoms with E-state index >= 15 is 0 Å². The quantitative estimate of drug-likeness (QED) is 0.245. The van der Waals surface area contributed by atoms with Gasteiger partial charge in [-0.05, 0) is 115 Å². The topological polar surface area (TPSA) is 116 Å². The number of aliphatic hydroxyl groups is 2. The summed E-state index contributed by atoms with van der Waals surface area (Å²) in [5.41, 5.74) is 0.901. The molecule has 44 heavy (non-hydrogen) atoms. The molecule has 0 aliphatic heterocycles. The molecule has 4 fully saturated rings. The highest BCUT2D eigenvalue weighted by Crippen LogP contribution is 2.69. The van der Waals surface area contributed by atoms with Crippen LogP contribution in [-0.2, 0) is 15.4 Å². The van der Waals surface area contributed by atoms with E-state index in [9.17, 15) is 23.4 Å². The SMILES string of the molecule is CC[C@H]1[C@@H](O)[C@@H]2[C@H](CC[C@]3(C)C([C@H](C)CCNC(=O)NS(=O)(=O)c4ccc(C(C)(C)CO)cc4)CC[C@@H]23)[C@@]2(C)CCCC[C@@H]12. The second-order valence-corrected chi connectivity index (χ2v) is 17.8. The molecular formula is C36H58N2O5S. The third-order valence-electron chi connectivity index (χ3n) is 13.5. The summed E-state index contributed by atoms with van der Waals surface area (Å²) < 4.78 is 27.8. The summed E-state index contributed by atoms with van der Waals surface area (Å²) in [6.45, 7) is 13.8. The van der Waals surface area contributed by atoms with Gasteiger partial charge < -0.3 is 15.5 Å². The zero-order valence-electron chi connectivity index (χ0n) is 27.9. The third-order valence-corrected chi connectivity index (χ3v) is 14.9. The Balaban J connectivity index is 1.18. The van der Waals surface area contributed by atoms with Gasteiger partial charge in [0, 0.05) is 12.0 Å². The van der Waals surface area contributed by atoms with E-state index in [0.717, 1.165) is 18.4 Å². The average molecular weight is 631 g/mol. The van der Waals surface area contributed by atoms with Crippen molar-refractivity contribution in [2.24, 2.45) is 52.3 Å². The van der Waals surface area contributed by atoms with Crippen LogP contribution in [0.2, 0.25) is 0 Å². The van der Waals surface area contributed by atoms with Crippen LogP contribution in [0.4, 0.5) is 4.79 Å². The van der Waals surface area contributed by atoms with Gasteiger partial charge in [-0.25, -0.2) is 17.9 Å². The normalized spacial score (nSPS) is 37.8. The molecule has 8 heteroatoms. The number of sulfonamides is 1. The molecule has 10 atom stereocenters. The molecule has 0 aromatic heterocycles. The van der Waals surface area contributed by atoms with Crippen molar-refractivity contribution in [1.82, 2.24) is 10.0 Å². The van der Waals surface area contributed by atoms with Crippen LogP contribution >= 0.6 is 0 Å². The summed E-state index contributed by atoms with van der Waals surface area (Å²) in [5, 5.41) is 24.3. The predicted octanol–water partition coefficient (Wildman–Crippen LogP) is 6.63. The average Bonchev–Trinajstić information content (AvgIpc) is 3.34. The highest BCUT2D eigenvalue weighted by Gasteiger charge is 2.64. The van der Waals surface area contributed by atoms with Crippen LogP contribution in [0.15, 0.2) is 29.2 Å². The van der Waals surface area contributed by atoms with E-state index in [-0.39, 0.29) is 23.0 Å². The largest absolute Gasteiger partial charge is 0.395 e. The van der Waals surface area contributed by atoms with Gasteiger partial charge in [0.1, 0.15) is 0 Å². The van der Waals surface area contributed by atoms with Gasteiger partial charge in [-0.2, -0.15) is 0 Å². The van der Waals surface area contributed by atoms with E-state index in [1.807, 2.05) is 13.8 Å². The van der Waals surface area contributed by atoms with Crippen molar-refractivity contribution in [3.05, 3.63) is 29.8 Å².